The third kappa shape index (κ3) is 5.80. The first kappa shape index (κ1) is 16.8. The third-order valence-electron chi connectivity index (χ3n) is 3.72. The summed E-state index contributed by atoms with van der Waals surface area (Å²) in [6.07, 6.45) is 3.78. The second kappa shape index (κ2) is 6.46. The number of hydrogen-bond acceptors (Lipinski definition) is 3. The number of aliphatic carboxylic acids is 1. The molecule has 1 fully saturated rings. The SMILES string of the molecule is CC1CCCC(CC(=O)O)(NC(=O)OC(C)(C)C)CC1. The molecule has 0 radical (unpaired) electrons. The van der Waals surface area contributed by atoms with Crippen LogP contribution in [-0.2, 0) is 9.53 Å². The van der Waals surface area contributed by atoms with Gasteiger partial charge in [-0.2, -0.15) is 0 Å². The summed E-state index contributed by atoms with van der Waals surface area (Å²) < 4.78 is 5.27. The van der Waals surface area contributed by atoms with Crippen LogP contribution < -0.4 is 5.32 Å². The fourth-order valence-corrected chi connectivity index (χ4v) is 2.74. The van der Waals surface area contributed by atoms with Crippen molar-refractivity contribution in [3.8, 4) is 0 Å². The van der Waals surface area contributed by atoms with Gasteiger partial charge in [0.05, 0.1) is 12.0 Å². The molecule has 1 aliphatic carbocycles. The number of alkyl carbamates (subject to hydrolysis) is 1. The number of carbonyl (C=O) groups excluding carboxylic acids is 1. The zero-order valence-electron chi connectivity index (χ0n) is 13.0. The highest BCUT2D eigenvalue weighted by molar-refractivity contribution is 5.73. The van der Waals surface area contributed by atoms with Gasteiger partial charge in [0.2, 0.25) is 0 Å². The lowest BCUT2D eigenvalue weighted by Crippen LogP contribution is -2.51. The van der Waals surface area contributed by atoms with E-state index < -0.39 is 23.2 Å². The highest BCUT2D eigenvalue weighted by atomic mass is 16.6. The molecule has 0 aromatic carbocycles. The molecule has 0 aromatic rings. The number of amides is 1. The van der Waals surface area contributed by atoms with Crippen molar-refractivity contribution < 1.29 is 19.4 Å². The van der Waals surface area contributed by atoms with Gasteiger partial charge in [-0.15, -0.1) is 0 Å². The molecule has 0 aromatic heterocycles. The van der Waals surface area contributed by atoms with Crippen molar-refractivity contribution in [2.75, 3.05) is 0 Å². The topological polar surface area (TPSA) is 75.6 Å². The Kier molecular flexibility index (Phi) is 5.42. The second-order valence-electron chi connectivity index (χ2n) is 7.01. The van der Waals surface area contributed by atoms with E-state index in [0.717, 1.165) is 19.3 Å². The van der Waals surface area contributed by atoms with Gasteiger partial charge in [0, 0.05) is 0 Å². The van der Waals surface area contributed by atoms with Crippen LogP contribution in [0, 0.1) is 5.92 Å². The van der Waals surface area contributed by atoms with Crippen LogP contribution in [-0.4, -0.2) is 28.3 Å². The minimum absolute atomic E-state index is 0.0427. The van der Waals surface area contributed by atoms with Crippen LogP contribution >= 0.6 is 0 Å². The smallest absolute Gasteiger partial charge is 0.408 e. The largest absolute Gasteiger partial charge is 0.481 e. The van der Waals surface area contributed by atoms with E-state index in [4.69, 9.17) is 9.84 Å². The standard InChI is InChI=1S/C15H27NO4/c1-11-6-5-8-15(9-7-11,10-12(17)18)16-13(19)20-14(2,3)4/h11H,5-10H2,1-4H3,(H,16,19)(H,17,18). The maximum Gasteiger partial charge on any atom is 0.408 e. The zero-order valence-corrected chi connectivity index (χ0v) is 13.0. The minimum Gasteiger partial charge on any atom is -0.481 e. The van der Waals surface area contributed by atoms with E-state index in [-0.39, 0.29) is 6.42 Å². The Morgan fingerprint density at radius 1 is 1.30 bits per heavy atom. The molecule has 116 valence electrons. The van der Waals surface area contributed by atoms with Crippen LogP contribution in [0.2, 0.25) is 0 Å². The van der Waals surface area contributed by atoms with Gasteiger partial charge in [-0.05, 0) is 46.0 Å². The number of hydrogen-bond donors (Lipinski definition) is 2. The van der Waals surface area contributed by atoms with Gasteiger partial charge >= 0.3 is 12.1 Å². The summed E-state index contributed by atoms with van der Waals surface area (Å²) >= 11 is 0. The van der Waals surface area contributed by atoms with Crippen molar-refractivity contribution in [2.45, 2.75) is 77.4 Å². The second-order valence-corrected chi connectivity index (χ2v) is 7.01. The molecule has 1 saturated carbocycles. The van der Waals surface area contributed by atoms with Gasteiger partial charge in [-0.3, -0.25) is 4.79 Å². The molecule has 1 rings (SSSR count). The summed E-state index contributed by atoms with van der Waals surface area (Å²) in [5.74, 6) is -0.304. The predicted molar refractivity (Wildman–Crippen MR) is 76.6 cm³/mol. The van der Waals surface area contributed by atoms with Crippen LogP contribution in [0.15, 0.2) is 0 Å². The zero-order chi connectivity index (χ0) is 15.4. The van der Waals surface area contributed by atoms with E-state index in [9.17, 15) is 9.59 Å². The summed E-state index contributed by atoms with van der Waals surface area (Å²) in [7, 11) is 0. The van der Waals surface area contributed by atoms with Crippen molar-refractivity contribution in [1.29, 1.82) is 0 Å². The summed E-state index contributed by atoms with van der Waals surface area (Å²) in [6.45, 7) is 7.56. The molecule has 20 heavy (non-hydrogen) atoms. The molecule has 0 spiro atoms. The average Bonchev–Trinajstić information content (AvgIpc) is 2.37. The third-order valence-corrected chi connectivity index (χ3v) is 3.72. The Hall–Kier alpha value is -1.26. The Balaban J connectivity index is 2.77. The van der Waals surface area contributed by atoms with Crippen molar-refractivity contribution in [2.24, 2.45) is 5.92 Å². The summed E-state index contributed by atoms with van der Waals surface area (Å²) in [5.41, 5.74) is -1.24. The molecule has 0 heterocycles. The lowest BCUT2D eigenvalue weighted by molar-refractivity contribution is -0.138. The summed E-state index contributed by atoms with van der Waals surface area (Å²) in [6, 6.07) is 0. The van der Waals surface area contributed by atoms with E-state index in [1.807, 2.05) is 0 Å². The molecule has 2 unspecified atom stereocenters. The van der Waals surface area contributed by atoms with Gasteiger partial charge in [-0.25, -0.2) is 4.79 Å². The molecular formula is C15H27NO4. The van der Waals surface area contributed by atoms with Gasteiger partial charge in [0.25, 0.3) is 0 Å². The lowest BCUT2D eigenvalue weighted by atomic mass is 9.86. The molecule has 0 saturated heterocycles. The summed E-state index contributed by atoms with van der Waals surface area (Å²) in [4.78, 5) is 23.1. The van der Waals surface area contributed by atoms with E-state index in [1.54, 1.807) is 20.8 Å². The Bertz CT molecular complexity index is 361. The van der Waals surface area contributed by atoms with Gasteiger partial charge in [0.15, 0.2) is 0 Å². The Labute approximate surface area is 121 Å². The van der Waals surface area contributed by atoms with E-state index in [2.05, 4.69) is 12.2 Å². The van der Waals surface area contributed by atoms with Crippen LogP contribution in [0.4, 0.5) is 4.79 Å². The van der Waals surface area contributed by atoms with Crippen molar-refractivity contribution in [1.82, 2.24) is 5.32 Å². The highest BCUT2D eigenvalue weighted by Crippen LogP contribution is 2.33. The first-order chi connectivity index (χ1) is 9.12. The molecule has 5 nitrogen and oxygen atoms in total. The number of carbonyl (C=O) groups is 2. The molecule has 0 aliphatic heterocycles. The fraction of sp³-hybridized carbons (Fsp3) is 0.867. The first-order valence-electron chi connectivity index (χ1n) is 7.35. The minimum atomic E-state index is -0.879. The van der Waals surface area contributed by atoms with Crippen molar-refractivity contribution in [3.63, 3.8) is 0 Å². The number of carboxylic acid groups (broad SMARTS) is 1. The summed E-state index contributed by atoms with van der Waals surface area (Å²) in [5, 5.41) is 12.0. The van der Waals surface area contributed by atoms with Crippen molar-refractivity contribution in [3.05, 3.63) is 0 Å². The maximum atomic E-state index is 12.0. The van der Waals surface area contributed by atoms with Gasteiger partial charge in [-0.1, -0.05) is 19.8 Å². The molecule has 1 aliphatic rings. The highest BCUT2D eigenvalue weighted by Gasteiger charge is 2.37. The number of nitrogens with one attached hydrogen (secondary N) is 1. The predicted octanol–water partition coefficient (Wildman–Crippen LogP) is 3.32. The van der Waals surface area contributed by atoms with Gasteiger partial charge < -0.3 is 15.2 Å². The Morgan fingerprint density at radius 3 is 2.50 bits per heavy atom. The monoisotopic (exact) mass is 285 g/mol. The average molecular weight is 285 g/mol. The molecule has 2 N–H and O–H groups in total. The number of ether oxygens (including phenoxy) is 1. The molecular weight excluding hydrogens is 258 g/mol. The van der Waals surface area contributed by atoms with Crippen LogP contribution in [0.5, 0.6) is 0 Å². The van der Waals surface area contributed by atoms with Crippen LogP contribution in [0.3, 0.4) is 0 Å². The number of rotatable bonds is 3. The fourth-order valence-electron chi connectivity index (χ4n) is 2.74. The Morgan fingerprint density at radius 2 is 1.95 bits per heavy atom. The van der Waals surface area contributed by atoms with Crippen LogP contribution in [0.1, 0.15) is 66.2 Å². The van der Waals surface area contributed by atoms with Crippen LogP contribution in [0.25, 0.3) is 0 Å². The molecule has 2 atom stereocenters. The van der Waals surface area contributed by atoms with E-state index in [0.29, 0.717) is 18.8 Å². The quantitative estimate of drug-likeness (QED) is 0.780. The normalized spacial score (nSPS) is 27.5. The van der Waals surface area contributed by atoms with Crippen molar-refractivity contribution >= 4 is 12.1 Å². The van der Waals surface area contributed by atoms with Gasteiger partial charge in [0.1, 0.15) is 5.60 Å². The first-order valence-corrected chi connectivity index (χ1v) is 7.35. The lowest BCUT2D eigenvalue weighted by Gasteiger charge is -2.33. The molecule has 5 heteroatoms. The van der Waals surface area contributed by atoms with E-state index >= 15 is 0 Å². The maximum absolute atomic E-state index is 12.0. The molecule has 0 bridgehead atoms. The molecule has 1 amide bonds. The number of carboxylic acids is 1. The van der Waals surface area contributed by atoms with E-state index in [1.165, 1.54) is 0 Å².